The molecule has 2 heterocycles. The number of unbranched alkanes of at least 4 members (excludes halogenated alkanes) is 2. The van der Waals surface area contributed by atoms with Crippen molar-refractivity contribution in [2.45, 2.75) is 77.8 Å². The number of phenols is 1. The number of aromatic hydroxyl groups is 1. The number of aromatic nitrogens is 2. The van der Waals surface area contributed by atoms with Crippen LogP contribution in [0.4, 0.5) is 19.0 Å². The molecular formula is C23H30F3N3O3. The fraction of sp³-hybridized carbons (Fsp3) is 0.565. The van der Waals surface area contributed by atoms with Gasteiger partial charge in [-0.25, -0.2) is 0 Å². The number of fused-ring (bicyclic) bond motifs is 3. The Hall–Kier alpha value is -2.55. The number of nitrogens with zero attached hydrogens (tertiary/aromatic N) is 2. The van der Waals surface area contributed by atoms with E-state index < -0.39 is 12.1 Å². The summed E-state index contributed by atoms with van der Waals surface area (Å²) >= 11 is 0. The van der Waals surface area contributed by atoms with Crippen LogP contribution in [0.2, 0.25) is 0 Å². The van der Waals surface area contributed by atoms with E-state index in [-0.39, 0.29) is 18.4 Å². The molecule has 0 saturated heterocycles. The molecule has 0 fully saturated rings. The molecule has 0 saturated carbocycles. The maximum atomic E-state index is 12.7. The third-order valence-electron chi connectivity index (χ3n) is 5.51. The normalized spacial score (nSPS) is 15.0. The van der Waals surface area contributed by atoms with Crippen LogP contribution in [0.3, 0.4) is 0 Å². The molecule has 176 valence electrons. The number of halogens is 3. The van der Waals surface area contributed by atoms with E-state index in [0.29, 0.717) is 42.1 Å². The van der Waals surface area contributed by atoms with Crippen LogP contribution in [0.15, 0.2) is 18.2 Å². The Bertz CT molecular complexity index is 906. The molecule has 0 radical (unpaired) electrons. The van der Waals surface area contributed by atoms with Gasteiger partial charge in [0.1, 0.15) is 23.0 Å². The molecule has 9 heteroatoms. The first-order valence-electron chi connectivity index (χ1n) is 11.1. The molecule has 0 bridgehead atoms. The first kappa shape index (κ1) is 24.1. The van der Waals surface area contributed by atoms with Gasteiger partial charge in [-0.1, -0.05) is 33.1 Å². The molecule has 1 aliphatic heterocycles. The van der Waals surface area contributed by atoms with Crippen molar-refractivity contribution < 1.29 is 27.8 Å². The molecule has 3 rings (SSSR count). The highest BCUT2D eigenvalue weighted by atomic mass is 19.4. The lowest BCUT2D eigenvalue weighted by Gasteiger charge is -2.19. The highest BCUT2D eigenvalue weighted by Crippen LogP contribution is 2.40. The predicted molar refractivity (Wildman–Crippen MR) is 116 cm³/mol. The number of ether oxygens (including phenoxy) is 2. The van der Waals surface area contributed by atoms with E-state index in [2.05, 4.69) is 34.1 Å². The van der Waals surface area contributed by atoms with Crippen LogP contribution < -0.4 is 10.1 Å². The zero-order valence-corrected chi connectivity index (χ0v) is 18.5. The molecule has 2 aromatic rings. The van der Waals surface area contributed by atoms with Gasteiger partial charge in [-0.15, -0.1) is 23.4 Å². The minimum atomic E-state index is -4.86. The van der Waals surface area contributed by atoms with Crippen LogP contribution in [-0.2, 0) is 17.8 Å². The van der Waals surface area contributed by atoms with Crippen molar-refractivity contribution in [2.24, 2.45) is 0 Å². The molecule has 1 aliphatic rings. The zero-order chi connectivity index (χ0) is 23.1. The van der Waals surface area contributed by atoms with Crippen molar-refractivity contribution in [2.75, 3.05) is 11.9 Å². The zero-order valence-electron chi connectivity index (χ0n) is 18.5. The van der Waals surface area contributed by atoms with Gasteiger partial charge in [-0.3, -0.25) is 0 Å². The second-order valence-electron chi connectivity index (χ2n) is 8.03. The molecule has 1 atom stereocenters. The molecule has 0 amide bonds. The van der Waals surface area contributed by atoms with Gasteiger partial charge in [-0.2, -0.15) is 0 Å². The fourth-order valence-electron chi connectivity index (χ4n) is 3.91. The number of hydrogen-bond acceptors (Lipinski definition) is 6. The lowest BCUT2D eigenvalue weighted by Crippen LogP contribution is -2.19. The summed E-state index contributed by atoms with van der Waals surface area (Å²) in [4.78, 5) is 0. The van der Waals surface area contributed by atoms with E-state index in [1.807, 2.05) is 6.07 Å². The number of aryl methyl sites for hydroxylation is 1. The van der Waals surface area contributed by atoms with E-state index in [0.717, 1.165) is 37.3 Å². The number of phenolic OH excluding ortho intramolecular Hbond substituents is 1. The van der Waals surface area contributed by atoms with Gasteiger partial charge in [0.05, 0.1) is 6.61 Å². The van der Waals surface area contributed by atoms with Crippen LogP contribution in [0.1, 0.15) is 63.5 Å². The third-order valence-corrected chi connectivity index (χ3v) is 5.51. The summed E-state index contributed by atoms with van der Waals surface area (Å²) in [5.41, 5.74) is 2.00. The number of benzene rings is 1. The monoisotopic (exact) mass is 453 g/mol. The second kappa shape index (κ2) is 10.8. The first-order chi connectivity index (χ1) is 15.3. The largest absolute Gasteiger partial charge is 0.573 e. The Balaban J connectivity index is 1.93. The van der Waals surface area contributed by atoms with Crippen molar-refractivity contribution in [3.05, 3.63) is 29.3 Å². The summed E-state index contributed by atoms with van der Waals surface area (Å²) in [7, 11) is 0. The lowest BCUT2D eigenvalue weighted by molar-refractivity contribution is -0.274. The Morgan fingerprint density at radius 3 is 2.69 bits per heavy atom. The summed E-state index contributed by atoms with van der Waals surface area (Å²) in [6, 6.07) is 4.38. The van der Waals surface area contributed by atoms with Crippen molar-refractivity contribution in [3.63, 3.8) is 0 Å². The summed E-state index contributed by atoms with van der Waals surface area (Å²) < 4.78 is 47.6. The highest BCUT2D eigenvalue weighted by Gasteiger charge is 2.32. The molecule has 0 spiro atoms. The van der Waals surface area contributed by atoms with Gasteiger partial charge in [0, 0.05) is 24.3 Å². The van der Waals surface area contributed by atoms with E-state index in [1.165, 1.54) is 12.5 Å². The van der Waals surface area contributed by atoms with E-state index in [4.69, 9.17) is 4.74 Å². The van der Waals surface area contributed by atoms with Crippen LogP contribution in [0.25, 0.3) is 11.3 Å². The van der Waals surface area contributed by atoms with Crippen molar-refractivity contribution >= 4 is 5.82 Å². The quantitative estimate of drug-likeness (QED) is 0.479. The summed E-state index contributed by atoms with van der Waals surface area (Å²) in [6.45, 7) is 4.77. The molecule has 2 N–H and O–H groups in total. The maximum absolute atomic E-state index is 12.7. The Labute approximate surface area is 186 Å². The topological polar surface area (TPSA) is 76.5 Å². The number of alkyl halides is 3. The van der Waals surface area contributed by atoms with Crippen LogP contribution in [0.5, 0.6) is 11.5 Å². The number of anilines is 1. The lowest BCUT2D eigenvalue weighted by atomic mass is 9.97. The average molecular weight is 454 g/mol. The highest BCUT2D eigenvalue weighted by molar-refractivity contribution is 5.75. The van der Waals surface area contributed by atoms with E-state index in [9.17, 15) is 18.3 Å². The summed E-state index contributed by atoms with van der Waals surface area (Å²) in [6.07, 6.45) is 2.00. The molecular weight excluding hydrogens is 423 g/mol. The Kier molecular flexibility index (Phi) is 8.17. The Morgan fingerprint density at radius 2 is 1.97 bits per heavy atom. The molecule has 1 aromatic carbocycles. The molecule has 32 heavy (non-hydrogen) atoms. The Morgan fingerprint density at radius 1 is 1.16 bits per heavy atom. The van der Waals surface area contributed by atoms with Gasteiger partial charge >= 0.3 is 6.36 Å². The molecule has 0 aliphatic carbocycles. The van der Waals surface area contributed by atoms with Crippen molar-refractivity contribution in [3.8, 4) is 22.8 Å². The summed E-state index contributed by atoms with van der Waals surface area (Å²) in [5, 5.41) is 22.7. The number of nitrogens with one attached hydrogen (secondary N) is 1. The summed E-state index contributed by atoms with van der Waals surface area (Å²) in [5.74, 6) is -0.193. The minimum absolute atomic E-state index is 0.0361. The fourth-order valence-corrected chi connectivity index (χ4v) is 3.91. The standard InChI is InChI=1S/C23H30F3N3O3/c1-3-5-6-9-17(4-2)27-20-12-15-8-7-10-31-14-16-11-18(32-23(24,25)26)13-19(30)21(16)22(15)29-28-20/h11-13,17,30H,3-10,14H2,1-2H3,(H,27,28). The van der Waals surface area contributed by atoms with Gasteiger partial charge in [0.15, 0.2) is 0 Å². The second-order valence-corrected chi connectivity index (χ2v) is 8.03. The smallest absolute Gasteiger partial charge is 0.507 e. The molecule has 1 aromatic heterocycles. The van der Waals surface area contributed by atoms with Gasteiger partial charge in [-0.05, 0) is 48.9 Å². The minimum Gasteiger partial charge on any atom is -0.507 e. The first-order valence-corrected chi connectivity index (χ1v) is 11.1. The molecule has 6 nitrogen and oxygen atoms in total. The third kappa shape index (κ3) is 6.48. The van der Waals surface area contributed by atoms with Crippen molar-refractivity contribution in [1.29, 1.82) is 0 Å². The van der Waals surface area contributed by atoms with Gasteiger partial charge < -0.3 is 19.9 Å². The average Bonchev–Trinajstić information content (AvgIpc) is 2.80. The SMILES string of the molecule is CCCCCC(CC)Nc1cc2c(nn1)-c1c(O)cc(OC(F)(F)F)cc1COCCC2. The van der Waals surface area contributed by atoms with Crippen LogP contribution in [-0.4, -0.2) is 34.3 Å². The van der Waals surface area contributed by atoms with Gasteiger partial charge in [0.2, 0.25) is 0 Å². The van der Waals surface area contributed by atoms with Crippen molar-refractivity contribution in [1.82, 2.24) is 10.2 Å². The molecule has 1 unspecified atom stereocenters. The van der Waals surface area contributed by atoms with Crippen LogP contribution >= 0.6 is 0 Å². The number of rotatable bonds is 8. The number of hydrogen-bond donors (Lipinski definition) is 2. The van der Waals surface area contributed by atoms with Crippen LogP contribution in [0, 0.1) is 0 Å². The van der Waals surface area contributed by atoms with E-state index in [1.54, 1.807) is 0 Å². The van der Waals surface area contributed by atoms with Gasteiger partial charge in [0.25, 0.3) is 0 Å². The maximum Gasteiger partial charge on any atom is 0.573 e. The van der Waals surface area contributed by atoms with E-state index >= 15 is 0 Å². The predicted octanol–water partition coefficient (Wildman–Crippen LogP) is 5.98.